The zero-order chi connectivity index (χ0) is 22.8. The van der Waals surface area contributed by atoms with E-state index in [0.29, 0.717) is 17.9 Å². The number of nitrogens with one attached hydrogen (secondary N) is 1. The Balaban J connectivity index is 1.48. The van der Waals surface area contributed by atoms with Crippen LogP contribution in [0.4, 0.5) is 0 Å². The second-order valence-electron chi connectivity index (χ2n) is 7.18. The van der Waals surface area contributed by atoms with Crippen LogP contribution in [0, 0.1) is 0 Å². The van der Waals surface area contributed by atoms with Gasteiger partial charge in [-0.05, 0) is 48.4 Å². The van der Waals surface area contributed by atoms with Crippen molar-refractivity contribution in [1.29, 1.82) is 0 Å². The van der Waals surface area contributed by atoms with Gasteiger partial charge in [0.05, 0.1) is 6.61 Å². The number of carboxylic acids is 1. The van der Waals surface area contributed by atoms with Gasteiger partial charge in [0.25, 0.3) is 0 Å². The highest BCUT2D eigenvalue weighted by Gasteiger charge is 2.14. The van der Waals surface area contributed by atoms with Gasteiger partial charge in [-0.15, -0.1) is 0 Å². The van der Waals surface area contributed by atoms with Gasteiger partial charge in [-0.3, -0.25) is 0 Å². The number of carboxylic acid groups (broad SMARTS) is 1. The molecule has 3 aromatic rings. The van der Waals surface area contributed by atoms with Crippen molar-refractivity contribution in [2.24, 2.45) is 0 Å². The molecule has 0 aliphatic carbocycles. The number of aliphatic hydroxyl groups is 2. The highest BCUT2D eigenvalue weighted by molar-refractivity contribution is 5.90. The van der Waals surface area contributed by atoms with Crippen molar-refractivity contribution < 1.29 is 29.6 Å². The number of aromatic nitrogens is 1. The summed E-state index contributed by atoms with van der Waals surface area (Å²) in [7, 11) is 0. The predicted molar refractivity (Wildman–Crippen MR) is 118 cm³/mol. The van der Waals surface area contributed by atoms with E-state index in [0.717, 1.165) is 5.56 Å². The Morgan fingerprint density at radius 2 is 1.75 bits per heavy atom. The zero-order valence-electron chi connectivity index (χ0n) is 17.4. The minimum absolute atomic E-state index is 0.0177. The van der Waals surface area contributed by atoms with E-state index >= 15 is 0 Å². The molecule has 1 unspecified atom stereocenters. The molecule has 1 aromatic heterocycles. The maximum atomic E-state index is 11.3. The summed E-state index contributed by atoms with van der Waals surface area (Å²) in [5.74, 6) is 0.0537. The van der Waals surface area contributed by atoms with Crippen LogP contribution in [0.1, 0.15) is 15.9 Å². The molecule has 32 heavy (non-hydrogen) atoms. The van der Waals surface area contributed by atoms with Crippen LogP contribution in [-0.4, -0.2) is 58.2 Å². The molecule has 0 spiro atoms. The van der Waals surface area contributed by atoms with Gasteiger partial charge in [-0.2, -0.15) is 0 Å². The largest absolute Gasteiger partial charge is 0.491 e. The standard InChI is InChI=1S/C24H26N2O6/c27-15-18(26-14-19(28)16-31-20-5-2-1-3-6-20)13-17-8-10-21(11-9-17)32-23-22(24(29)30)7-4-12-25-23/h1-12,18-19,26-28H,13-16H2,(H,29,30)/t18-,19?/m0/s1. The van der Waals surface area contributed by atoms with Gasteiger partial charge in [-0.1, -0.05) is 30.3 Å². The molecule has 0 bridgehead atoms. The van der Waals surface area contributed by atoms with Crippen LogP contribution < -0.4 is 14.8 Å². The summed E-state index contributed by atoms with van der Waals surface area (Å²) in [5.41, 5.74) is 0.925. The van der Waals surface area contributed by atoms with Gasteiger partial charge in [0.2, 0.25) is 5.88 Å². The first kappa shape index (κ1) is 23.2. The lowest BCUT2D eigenvalue weighted by Crippen LogP contribution is -2.41. The fourth-order valence-electron chi connectivity index (χ4n) is 3.00. The second-order valence-corrected chi connectivity index (χ2v) is 7.18. The lowest BCUT2D eigenvalue weighted by molar-refractivity contribution is 0.0693. The highest BCUT2D eigenvalue weighted by Crippen LogP contribution is 2.23. The first-order valence-corrected chi connectivity index (χ1v) is 10.2. The van der Waals surface area contributed by atoms with Gasteiger partial charge in [0.1, 0.15) is 29.8 Å². The van der Waals surface area contributed by atoms with Crippen LogP contribution in [0.25, 0.3) is 0 Å². The van der Waals surface area contributed by atoms with Gasteiger partial charge in [0.15, 0.2) is 0 Å². The lowest BCUT2D eigenvalue weighted by Gasteiger charge is -2.19. The molecule has 0 radical (unpaired) electrons. The van der Waals surface area contributed by atoms with Crippen molar-refractivity contribution in [2.45, 2.75) is 18.6 Å². The molecule has 8 heteroatoms. The zero-order valence-corrected chi connectivity index (χ0v) is 17.4. The van der Waals surface area contributed by atoms with E-state index in [4.69, 9.17) is 9.47 Å². The number of aromatic carboxylic acids is 1. The maximum Gasteiger partial charge on any atom is 0.341 e. The molecular weight excluding hydrogens is 412 g/mol. The third-order valence-electron chi connectivity index (χ3n) is 4.67. The summed E-state index contributed by atoms with van der Waals surface area (Å²) in [6.45, 7) is 0.324. The number of pyridine rings is 1. The molecule has 0 amide bonds. The average molecular weight is 438 g/mol. The van der Waals surface area contributed by atoms with E-state index in [9.17, 15) is 20.1 Å². The SMILES string of the molecule is O=C(O)c1cccnc1Oc1ccc(C[C@@H](CO)NCC(O)COc2ccccc2)cc1. The molecule has 4 N–H and O–H groups in total. The minimum atomic E-state index is -1.11. The minimum Gasteiger partial charge on any atom is -0.491 e. The van der Waals surface area contributed by atoms with Gasteiger partial charge < -0.3 is 30.1 Å². The van der Waals surface area contributed by atoms with Crippen LogP contribution in [0.2, 0.25) is 0 Å². The number of rotatable bonds is 12. The number of hydrogen-bond acceptors (Lipinski definition) is 7. The number of nitrogens with zero attached hydrogens (tertiary/aromatic N) is 1. The van der Waals surface area contributed by atoms with Crippen molar-refractivity contribution in [2.75, 3.05) is 19.8 Å². The summed E-state index contributed by atoms with van der Waals surface area (Å²) in [6.07, 6.45) is 1.28. The molecule has 0 saturated carbocycles. The first-order chi connectivity index (χ1) is 15.5. The summed E-state index contributed by atoms with van der Waals surface area (Å²) in [5, 5.41) is 32.2. The smallest absolute Gasteiger partial charge is 0.341 e. The third-order valence-corrected chi connectivity index (χ3v) is 4.67. The Labute approximate surface area is 186 Å². The summed E-state index contributed by atoms with van der Waals surface area (Å²) in [6, 6.07) is 19.1. The number of para-hydroxylation sites is 1. The van der Waals surface area contributed by atoms with Crippen molar-refractivity contribution in [1.82, 2.24) is 10.3 Å². The monoisotopic (exact) mass is 438 g/mol. The molecule has 1 heterocycles. The molecule has 0 aliphatic heterocycles. The van der Waals surface area contributed by atoms with Gasteiger partial charge in [0, 0.05) is 18.8 Å². The molecule has 3 rings (SSSR count). The van der Waals surface area contributed by atoms with Crippen LogP contribution in [0.15, 0.2) is 72.9 Å². The number of ether oxygens (including phenoxy) is 2. The maximum absolute atomic E-state index is 11.3. The number of carbonyl (C=O) groups is 1. The molecule has 0 fully saturated rings. The molecule has 168 valence electrons. The number of benzene rings is 2. The molecule has 0 saturated heterocycles. The lowest BCUT2D eigenvalue weighted by atomic mass is 10.1. The Kier molecular flexibility index (Phi) is 8.56. The van der Waals surface area contributed by atoms with Crippen molar-refractivity contribution in [3.63, 3.8) is 0 Å². The van der Waals surface area contributed by atoms with E-state index in [1.54, 1.807) is 12.1 Å². The Morgan fingerprint density at radius 3 is 2.44 bits per heavy atom. The van der Waals surface area contributed by atoms with E-state index in [2.05, 4.69) is 10.3 Å². The molecular formula is C24H26N2O6. The van der Waals surface area contributed by atoms with Crippen molar-refractivity contribution in [3.8, 4) is 17.4 Å². The topological polar surface area (TPSA) is 121 Å². The summed E-state index contributed by atoms with van der Waals surface area (Å²) < 4.78 is 11.1. The van der Waals surface area contributed by atoms with Crippen LogP contribution in [-0.2, 0) is 6.42 Å². The average Bonchev–Trinajstić information content (AvgIpc) is 2.82. The van der Waals surface area contributed by atoms with Gasteiger partial charge >= 0.3 is 5.97 Å². The quantitative estimate of drug-likeness (QED) is 0.340. The number of hydrogen-bond donors (Lipinski definition) is 4. The van der Waals surface area contributed by atoms with E-state index in [1.165, 1.54) is 18.3 Å². The number of aliphatic hydroxyl groups excluding tert-OH is 2. The summed E-state index contributed by atoms with van der Waals surface area (Å²) >= 11 is 0. The Bertz CT molecular complexity index is 981. The molecule has 2 aromatic carbocycles. The van der Waals surface area contributed by atoms with Crippen LogP contribution in [0.5, 0.6) is 17.4 Å². The highest BCUT2D eigenvalue weighted by atomic mass is 16.5. The summed E-state index contributed by atoms with van der Waals surface area (Å²) in [4.78, 5) is 15.2. The normalized spacial score (nSPS) is 12.7. The molecule has 2 atom stereocenters. The van der Waals surface area contributed by atoms with E-state index in [1.807, 2.05) is 42.5 Å². The van der Waals surface area contributed by atoms with Gasteiger partial charge in [-0.25, -0.2) is 9.78 Å². The van der Waals surface area contributed by atoms with Crippen molar-refractivity contribution >= 4 is 5.97 Å². The van der Waals surface area contributed by atoms with E-state index in [-0.39, 0.29) is 37.2 Å². The first-order valence-electron chi connectivity index (χ1n) is 10.2. The van der Waals surface area contributed by atoms with Crippen LogP contribution in [0.3, 0.4) is 0 Å². The third kappa shape index (κ3) is 7.05. The molecule has 8 nitrogen and oxygen atoms in total. The van der Waals surface area contributed by atoms with E-state index < -0.39 is 12.1 Å². The predicted octanol–water partition coefficient (Wildman–Crippen LogP) is 2.51. The fourth-order valence-corrected chi connectivity index (χ4v) is 3.00. The fraction of sp³-hybridized carbons (Fsp3) is 0.250. The Hall–Kier alpha value is -3.46. The Morgan fingerprint density at radius 1 is 1.00 bits per heavy atom. The van der Waals surface area contributed by atoms with Crippen LogP contribution >= 0.6 is 0 Å². The molecule has 0 aliphatic rings. The van der Waals surface area contributed by atoms with Crippen molar-refractivity contribution in [3.05, 3.63) is 84.1 Å². The second kappa shape index (κ2) is 11.8.